The molecule has 86 heavy (non-hydrogen) atoms. The second-order valence-electron chi connectivity index (χ2n) is 31.0. The Morgan fingerprint density at radius 1 is 0.384 bits per heavy atom. The average Bonchev–Trinajstić information content (AvgIpc) is 1.43. The molecule has 9 aromatic carbocycles. The van der Waals surface area contributed by atoms with Gasteiger partial charge < -0.3 is 19.6 Å². The van der Waals surface area contributed by atoms with Crippen molar-refractivity contribution < 1.29 is 0 Å². The molecule has 434 valence electrons. The van der Waals surface area contributed by atoms with Gasteiger partial charge in [0.2, 0.25) is 0 Å². The summed E-state index contributed by atoms with van der Waals surface area (Å²) in [5.41, 5.74) is 29.2. The zero-order valence-electron chi connectivity index (χ0n) is 54.1. The molecule has 5 aliphatic rings. The number of fused-ring (bicyclic) bond motifs is 10. The molecule has 0 saturated heterocycles. The molecule has 0 aromatic heterocycles. The summed E-state index contributed by atoms with van der Waals surface area (Å²) >= 11 is 0. The predicted octanol–water partition coefficient (Wildman–Crippen LogP) is 20.5. The van der Waals surface area contributed by atoms with Gasteiger partial charge in [-0.3, -0.25) is 0 Å². The van der Waals surface area contributed by atoms with Crippen molar-refractivity contribution in [1.82, 2.24) is 0 Å². The van der Waals surface area contributed by atoms with E-state index in [0.29, 0.717) is 0 Å². The van der Waals surface area contributed by atoms with E-state index in [2.05, 4.69) is 318 Å². The average molecular weight is 1130 g/mol. The highest BCUT2D eigenvalue weighted by Crippen LogP contribution is 2.63. The highest BCUT2D eigenvalue weighted by Gasteiger charge is 2.61. The third-order valence-corrected chi connectivity index (χ3v) is 21.2. The van der Waals surface area contributed by atoms with Crippen molar-refractivity contribution in [2.24, 2.45) is 0 Å². The Kier molecular flexibility index (Phi) is 12.5. The molecule has 4 nitrogen and oxygen atoms in total. The standard InChI is InChI=1S/C81H87BN4/c1-75(2,3)52-29-37-56(38-30-52)83(57-39-31-53(32-40-57)76(4,5)6)60-45-46-68-67(49-60)82-66-27-22-26-65-74(66)86(81(16)48-20-19-47-80(65,81)15)71-51-61(84(58-41-33-54(34-42-58)77(7,8)9)59-43-35-55(36-44-59)78(10,11)12)50-70(73(71)82)85(68)69-28-21-24-63-62-23-17-18-25-64(62)79(13,14)72(63)69/h17-18,21-46,49-51H,19-20,47-48H2,1-16H3. The molecule has 3 heterocycles. The second-order valence-corrected chi connectivity index (χ2v) is 31.0. The van der Waals surface area contributed by atoms with E-state index < -0.39 is 0 Å². The summed E-state index contributed by atoms with van der Waals surface area (Å²) in [5, 5.41) is 0. The highest BCUT2D eigenvalue weighted by atomic mass is 15.3. The highest BCUT2D eigenvalue weighted by molar-refractivity contribution is 7.00. The van der Waals surface area contributed by atoms with Crippen LogP contribution in [-0.2, 0) is 32.5 Å². The van der Waals surface area contributed by atoms with Crippen LogP contribution < -0.4 is 36.0 Å². The van der Waals surface area contributed by atoms with Crippen molar-refractivity contribution in [3.8, 4) is 11.1 Å². The number of para-hydroxylation sites is 1. The lowest BCUT2D eigenvalue weighted by atomic mass is 9.33. The molecule has 1 fully saturated rings. The lowest BCUT2D eigenvalue weighted by Gasteiger charge is -2.53. The van der Waals surface area contributed by atoms with E-state index in [4.69, 9.17) is 0 Å². The SMILES string of the molecule is CC(C)(C)c1ccc(N(c2ccc(C(C)(C)C)cc2)c2ccc3c(c2)B2c4cccc5c4N(c4cc(N(c6ccc(C(C)(C)C)cc6)c6ccc(C(C)(C)C)cc6)cc(c42)N3c2cccc3c2C(C)(C)c2ccccc2-3)C2(C)CCCCC52C)cc1. The van der Waals surface area contributed by atoms with Crippen LogP contribution in [0.2, 0.25) is 0 Å². The van der Waals surface area contributed by atoms with E-state index in [9.17, 15) is 0 Å². The fraction of sp³-hybridized carbons (Fsp3) is 0.333. The molecule has 5 heteroatoms. The van der Waals surface area contributed by atoms with E-state index in [1.54, 1.807) is 0 Å². The molecule has 2 unspecified atom stereocenters. The summed E-state index contributed by atoms with van der Waals surface area (Å²) < 4.78 is 0. The van der Waals surface area contributed by atoms with Gasteiger partial charge in [-0.25, -0.2) is 0 Å². The Balaban J connectivity index is 1.09. The molecular weight excluding hydrogens is 1040 g/mol. The van der Waals surface area contributed by atoms with Gasteiger partial charge in [-0.15, -0.1) is 0 Å². The zero-order valence-corrected chi connectivity index (χ0v) is 54.1. The smallest absolute Gasteiger partial charge is 0.252 e. The fourth-order valence-corrected chi connectivity index (χ4v) is 16.1. The van der Waals surface area contributed by atoms with Crippen LogP contribution >= 0.6 is 0 Å². The third kappa shape index (κ3) is 8.43. The van der Waals surface area contributed by atoms with Gasteiger partial charge in [-0.2, -0.15) is 0 Å². The van der Waals surface area contributed by atoms with Crippen LogP contribution in [0.25, 0.3) is 11.1 Å². The molecule has 0 spiro atoms. The summed E-state index contributed by atoms with van der Waals surface area (Å²) in [4.78, 5) is 10.7. The predicted molar refractivity (Wildman–Crippen MR) is 370 cm³/mol. The first kappa shape index (κ1) is 56.1. The van der Waals surface area contributed by atoms with E-state index in [1.165, 1.54) is 108 Å². The molecule has 0 radical (unpaired) electrons. The largest absolute Gasteiger partial charge is 0.335 e. The van der Waals surface area contributed by atoms with Crippen LogP contribution in [-0.4, -0.2) is 12.3 Å². The van der Waals surface area contributed by atoms with Crippen molar-refractivity contribution in [3.63, 3.8) is 0 Å². The summed E-state index contributed by atoms with van der Waals surface area (Å²) in [6, 6.07) is 74.0. The Bertz CT molecular complexity index is 4050. The lowest BCUT2D eigenvalue weighted by Crippen LogP contribution is -2.64. The number of rotatable bonds is 7. The summed E-state index contributed by atoms with van der Waals surface area (Å²) in [6.45, 7) is 37.8. The van der Waals surface area contributed by atoms with Crippen molar-refractivity contribution in [2.75, 3.05) is 19.6 Å². The molecule has 2 atom stereocenters. The minimum atomic E-state index is -0.282. The molecular formula is C81H87BN4. The van der Waals surface area contributed by atoms with Gasteiger partial charge in [0.1, 0.15) is 0 Å². The van der Waals surface area contributed by atoms with Gasteiger partial charge in [-0.05, 0) is 193 Å². The van der Waals surface area contributed by atoms with Crippen molar-refractivity contribution in [2.45, 2.75) is 174 Å². The number of nitrogens with zero attached hydrogens (tertiary/aromatic N) is 4. The van der Waals surface area contributed by atoms with Crippen molar-refractivity contribution >= 4 is 85.7 Å². The van der Waals surface area contributed by atoms with Crippen LogP contribution in [0.15, 0.2) is 188 Å². The molecule has 0 N–H and O–H groups in total. The number of hydrogen-bond acceptors (Lipinski definition) is 4. The first-order chi connectivity index (χ1) is 40.7. The first-order valence-corrected chi connectivity index (χ1v) is 32.0. The van der Waals surface area contributed by atoms with Crippen LogP contribution in [0.5, 0.6) is 0 Å². The Hall–Kier alpha value is -7.76. The minimum absolute atomic E-state index is 0.00754. The quantitative estimate of drug-likeness (QED) is 0.147. The first-order valence-electron chi connectivity index (χ1n) is 32.0. The number of anilines is 11. The van der Waals surface area contributed by atoms with Crippen LogP contribution in [0.3, 0.4) is 0 Å². The molecule has 9 aromatic rings. The fourth-order valence-electron chi connectivity index (χ4n) is 16.1. The maximum absolute atomic E-state index is 2.90. The monoisotopic (exact) mass is 1130 g/mol. The maximum Gasteiger partial charge on any atom is 0.252 e. The van der Waals surface area contributed by atoms with Gasteiger partial charge in [0.25, 0.3) is 6.71 Å². The second kappa shape index (κ2) is 19.1. The van der Waals surface area contributed by atoms with Gasteiger partial charge in [0.05, 0.1) is 16.9 Å². The minimum Gasteiger partial charge on any atom is -0.335 e. The van der Waals surface area contributed by atoms with Crippen LogP contribution in [0.4, 0.5) is 62.6 Å². The number of benzene rings is 9. The van der Waals surface area contributed by atoms with Crippen molar-refractivity contribution in [3.05, 3.63) is 227 Å². The Morgan fingerprint density at radius 3 is 1.37 bits per heavy atom. The molecule has 0 bridgehead atoms. The van der Waals surface area contributed by atoms with Gasteiger partial charge in [-0.1, -0.05) is 220 Å². The van der Waals surface area contributed by atoms with Crippen LogP contribution in [0.1, 0.15) is 175 Å². The third-order valence-electron chi connectivity index (χ3n) is 21.2. The van der Waals surface area contributed by atoms with Crippen molar-refractivity contribution in [1.29, 1.82) is 0 Å². The van der Waals surface area contributed by atoms with Gasteiger partial charge >= 0.3 is 0 Å². The molecule has 1 saturated carbocycles. The summed E-state index contributed by atoms with van der Waals surface area (Å²) in [6.07, 6.45) is 4.71. The van der Waals surface area contributed by atoms with E-state index in [0.717, 1.165) is 47.0 Å². The van der Waals surface area contributed by atoms with Gasteiger partial charge in [0.15, 0.2) is 0 Å². The maximum atomic E-state index is 2.90. The van der Waals surface area contributed by atoms with Gasteiger partial charge in [0, 0.05) is 62.0 Å². The van der Waals surface area contributed by atoms with E-state index in [-0.39, 0.29) is 44.7 Å². The van der Waals surface area contributed by atoms with E-state index in [1.807, 2.05) is 0 Å². The number of hydrogen-bond donors (Lipinski definition) is 0. The molecule has 14 rings (SSSR count). The normalized spacial score (nSPS) is 18.9. The zero-order chi connectivity index (χ0) is 60.4. The summed E-state index contributed by atoms with van der Waals surface area (Å²) in [5.74, 6) is 0. The Labute approximate surface area is 515 Å². The van der Waals surface area contributed by atoms with Crippen LogP contribution in [0, 0.1) is 0 Å². The van der Waals surface area contributed by atoms with E-state index >= 15 is 0 Å². The Morgan fingerprint density at radius 2 is 0.837 bits per heavy atom. The summed E-state index contributed by atoms with van der Waals surface area (Å²) in [7, 11) is 0. The molecule has 3 aliphatic heterocycles. The topological polar surface area (TPSA) is 13.0 Å². The molecule has 0 amide bonds. The lowest BCUT2D eigenvalue weighted by molar-refractivity contribution is 0.195. The molecule has 2 aliphatic carbocycles.